The molecule has 0 aliphatic heterocycles. The van der Waals surface area contributed by atoms with Crippen LogP contribution in [0.5, 0.6) is 0 Å². The number of carbonyl (C=O) groups is 1. The quantitative estimate of drug-likeness (QED) is 0.674. The minimum absolute atomic E-state index is 0.669. The Kier molecular flexibility index (Phi) is 2.19. The first-order valence-corrected chi connectivity index (χ1v) is 4.41. The van der Waals surface area contributed by atoms with Crippen molar-refractivity contribution in [2.24, 2.45) is 0 Å². The third-order valence-electron chi connectivity index (χ3n) is 2.18. The van der Waals surface area contributed by atoms with Crippen LogP contribution in [0.2, 0.25) is 0 Å². The van der Waals surface area contributed by atoms with Gasteiger partial charge in [0.25, 0.3) is 0 Å². The standard InChI is InChI=1S/C12H10O2/c1-9-4-5-10(8-13)7-11(9)12-3-2-6-14-12/h2-8H,1H3. The van der Waals surface area contributed by atoms with Crippen molar-refractivity contribution in [2.75, 3.05) is 0 Å². The van der Waals surface area contributed by atoms with Crippen molar-refractivity contribution < 1.29 is 9.21 Å². The maximum atomic E-state index is 10.6. The van der Waals surface area contributed by atoms with Gasteiger partial charge in [0.15, 0.2) is 0 Å². The van der Waals surface area contributed by atoms with E-state index in [1.54, 1.807) is 12.3 Å². The molecule has 2 rings (SSSR count). The van der Waals surface area contributed by atoms with Gasteiger partial charge in [0.2, 0.25) is 0 Å². The summed E-state index contributed by atoms with van der Waals surface area (Å²) in [5, 5.41) is 0. The second-order valence-corrected chi connectivity index (χ2v) is 3.17. The summed E-state index contributed by atoms with van der Waals surface area (Å²) in [6.45, 7) is 1.99. The van der Waals surface area contributed by atoms with E-state index in [0.717, 1.165) is 23.2 Å². The van der Waals surface area contributed by atoms with Crippen molar-refractivity contribution in [3.63, 3.8) is 0 Å². The van der Waals surface area contributed by atoms with Gasteiger partial charge in [-0.15, -0.1) is 0 Å². The lowest BCUT2D eigenvalue weighted by Gasteiger charge is -2.02. The lowest BCUT2D eigenvalue weighted by molar-refractivity contribution is 0.112. The molecule has 0 N–H and O–H groups in total. The van der Waals surface area contributed by atoms with Crippen LogP contribution in [-0.4, -0.2) is 6.29 Å². The molecule has 2 heteroatoms. The van der Waals surface area contributed by atoms with Crippen molar-refractivity contribution in [1.29, 1.82) is 0 Å². The van der Waals surface area contributed by atoms with Crippen LogP contribution in [0.1, 0.15) is 15.9 Å². The van der Waals surface area contributed by atoms with Gasteiger partial charge in [-0.2, -0.15) is 0 Å². The summed E-state index contributed by atoms with van der Waals surface area (Å²) >= 11 is 0. The molecule has 14 heavy (non-hydrogen) atoms. The zero-order valence-electron chi connectivity index (χ0n) is 7.86. The summed E-state index contributed by atoms with van der Waals surface area (Å²) in [5.74, 6) is 0.797. The highest BCUT2D eigenvalue weighted by molar-refractivity contribution is 5.79. The maximum absolute atomic E-state index is 10.6. The molecule has 1 aromatic heterocycles. The monoisotopic (exact) mass is 186 g/mol. The average molecular weight is 186 g/mol. The molecule has 0 unspecified atom stereocenters. The minimum atomic E-state index is 0.669. The van der Waals surface area contributed by atoms with Gasteiger partial charge in [-0.3, -0.25) is 4.79 Å². The Morgan fingerprint density at radius 2 is 2.14 bits per heavy atom. The van der Waals surface area contributed by atoms with Crippen LogP contribution >= 0.6 is 0 Å². The zero-order chi connectivity index (χ0) is 9.97. The van der Waals surface area contributed by atoms with Crippen LogP contribution in [0, 0.1) is 6.92 Å². The number of hydrogen-bond acceptors (Lipinski definition) is 2. The summed E-state index contributed by atoms with van der Waals surface area (Å²) in [7, 11) is 0. The fourth-order valence-corrected chi connectivity index (χ4v) is 1.41. The maximum Gasteiger partial charge on any atom is 0.150 e. The van der Waals surface area contributed by atoms with E-state index in [1.807, 2.05) is 31.2 Å². The van der Waals surface area contributed by atoms with Gasteiger partial charge in [-0.25, -0.2) is 0 Å². The fraction of sp³-hybridized carbons (Fsp3) is 0.0833. The van der Waals surface area contributed by atoms with Gasteiger partial charge in [-0.1, -0.05) is 12.1 Å². The highest BCUT2D eigenvalue weighted by Gasteiger charge is 2.04. The zero-order valence-corrected chi connectivity index (χ0v) is 7.86. The molecule has 70 valence electrons. The van der Waals surface area contributed by atoms with E-state index in [9.17, 15) is 4.79 Å². The average Bonchev–Trinajstić information content (AvgIpc) is 2.71. The smallest absolute Gasteiger partial charge is 0.150 e. The topological polar surface area (TPSA) is 30.2 Å². The first-order chi connectivity index (χ1) is 6.81. The first-order valence-electron chi connectivity index (χ1n) is 4.41. The van der Waals surface area contributed by atoms with Gasteiger partial charge in [0.05, 0.1) is 6.26 Å². The van der Waals surface area contributed by atoms with E-state index in [1.165, 1.54) is 0 Å². The molecule has 0 aliphatic rings. The van der Waals surface area contributed by atoms with E-state index >= 15 is 0 Å². The second kappa shape index (κ2) is 3.50. The third kappa shape index (κ3) is 1.46. The highest BCUT2D eigenvalue weighted by atomic mass is 16.3. The van der Waals surface area contributed by atoms with E-state index < -0.39 is 0 Å². The van der Waals surface area contributed by atoms with E-state index in [0.29, 0.717) is 5.56 Å². The summed E-state index contributed by atoms with van der Waals surface area (Å²) in [5.41, 5.74) is 2.74. The molecule has 0 saturated carbocycles. The Morgan fingerprint density at radius 3 is 2.79 bits per heavy atom. The molecule has 1 aromatic carbocycles. The van der Waals surface area contributed by atoms with Crippen LogP contribution in [0.3, 0.4) is 0 Å². The molecule has 0 amide bonds. The van der Waals surface area contributed by atoms with Crippen molar-refractivity contribution in [3.05, 3.63) is 47.7 Å². The summed E-state index contributed by atoms with van der Waals surface area (Å²) in [6.07, 6.45) is 2.47. The van der Waals surface area contributed by atoms with Crippen LogP contribution in [-0.2, 0) is 0 Å². The largest absolute Gasteiger partial charge is 0.464 e. The Bertz CT molecular complexity index is 441. The van der Waals surface area contributed by atoms with Crippen LogP contribution < -0.4 is 0 Å². The van der Waals surface area contributed by atoms with E-state index in [4.69, 9.17) is 4.42 Å². The first kappa shape index (κ1) is 8.75. The summed E-state index contributed by atoms with van der Waals surface area (Å²) < 4.78 is 5.28. The highest BCUT2D eigenvalue weighted by Crippen LogP contribution is 2.24. The van der Waals surface area contributed by atoms with Gasteiger partial charge >= 0.3 is 0 Å². The Hall–Kier alpha value is -1.83. The van der Waals surface area contributed by atoms with Gasteiger partial charge in [0.1, 0.15) is 12.0 Å². The lowest BCUT2D eigenvalue weighted by Crippen LogP contribution is -1.85. The predicted octanol–water partition coefficient (Wildman–Crippen LogP) is 3.07. The van der Waals surface area contributed by atoms with Crippen LogP contribution in [0.25, 0.3) is 11.3 Å². The van der Waals surface area contributed by atoms with E-state index in [-0.39, 0.29) is 0 Å². The van der Waals surface area contributed by atoms with Crippen molar-refractivity contribution in [1.82, 2.24) is 0 Å². The normalized spacial score (nSPS) is 10.1. The molecule has 0 aliphatic carbocycles. The fourth-order valence-electron chi connectivity index (χ4n) is 1.41. The van der Waals surface area contributed by atoms with Gasteiger partial charge < -0.3 is 4.42 Å². The predicted molar refractivity (Wildman–Crippen MR) is 54.3 cm³/mol. The number of benzene rings is 1. The number of hydrogen-bond donors (Lipinski definition) is 0. The molecule has 0 saturated heterocycles. The molecule has 2 nitrogen and oxygen atoms in total. The summed E-state index contributed by atoms with van der Waals surface area (Å²) in [6, 6.07) is 9.27. The number of furan rings is 1. The minimum Gasteiger partial charge on any atom is -0.464 e. The van der Waals surface area contributed by atoms with Crippen molar-refractivity contribution in [2.45, 2.75) is 6.92 Å². The molecule has 0 radical (unpaired) electrons. The molecule has 0 atom stereocenters. The Morgan fingerprint density at radius 1 is 1.29 bits per heavy atom. The summed E-state index contributed by atoms with van der Waals surface area (Å²) in [4.78, 5) is 10.6. The number of carbonyl (C=O) groups excluding carboxylic acids is 1. The molecule has 0 spiro atoms. The lowest BCUT2D eigenvalue weighted by atomic mass is 10.0. The SMILES string of the molecule is Cc1ccc(C=O)cc1-c1ccco1. The molecular formula is C12H10O2. The number of rotatable bonds is 2. The Balaban J connectivity index is 2.57. The van der Waals surface area contributed by atoms with Crippen LogP contribution in [0.15, 0.2) is 41.0 Å². The van der Waals surface area contributed by atoms with Crippen LogP contribution in [0.4, 0.5) is 0 Å². The third-order valence-corrected chi connectivity index (χ3v) is 2.18. The van der Waals surface area contributed by atoms with E-state index in [2.05, 4.69) is 0 Å². The molecule has 1 heterocycles. The number of aryl methyl sites for hydroxylation is 1. The van der Waals surface area contributed by atoms with Gasteiger partial charge in [0, 0.05) is 11.1 Å². The molecule has 2 aromatic rings. The Labute approximate surface area is 82.2 Å². The van der Waals surface area contributed by atoms with Gasteiger partial charge in [-0.05, 0) is 30.7 Å². The number of aldehydes is 1. The molecule has 0 fully saturated rings. The molecule has 0 bridgehead atoms. The second-order valence-electron chi connectivity index (χ2n) is 3.17. The van der Waals surface area contributed by atoms with Crippen molar-refractivity contribution >= 4 is 6.29 Å². The van der Waals surface area contributed by atoms with Crippen molar-refractivity contribution in [3.8, 4) is 11.3 Å². The molecular weight excluding hydrogens is 176 g/mol.